The van der Waals surface area contributed by atoms with E-state index in [4.69, 9.17) is 14.2 Å². The quantitative estimate of drug-likeness (QED) is 0.639. The standard InChI is InChI=1S/C19H26N2O6/c1-19(2,3)27-17(23)20-14-10-15(16(22)25-4)21(11-14)18(24)26-12-13-8-6-5-7-9-13/h5-9,14-15H,10-12H2,1-4H3,(H,20,23)/t14?,15-/m0/s1. The molecule has 2 atom stereocenters. The lowest BCUT2D eigenvalue weighted by atomic mass is 10.2. The van der Waals surface area contributed by atoms with E-state index in [1.54, 1.807) is 20.8 Å². The van der Waals surface area contributed by atoms with Crippen LogP contribution in [-0.4, -0.2) is 54.4 Å². The number of amides is 2. The van der Waals surface area contributed by atoms with Gasteiger partial charge in [-0.15, -0.1) is 0 Å². The van der Waals surface area contributed by atoms with Gasteiger partial charge in [0.25, 0.3) is 0 Å². The number of esters is 1. The van der Waals surface area contributed by atoms with E-state index in [9.17, 15) is 14.4 Å². The molecule has 8 heteroatoms. The van der Waals surface area contributed by atoms with Crippen molar-refractivity contribution < 1.29 is 28.6 Å². The van der Waals surface area contributed by atoms with Crippen LogP contribution in [0.3, 0.4) is 0 Å². The van der Waals surface area contributed by atoms with E-state index in [1.807, 2.05) is 30.3 Å². The zero-order valence-corrected chi connectivity index (χ0v) is 16.1. The third-order valence-electron chi connectivity index (χ3n) is 3.93. The molecule has 0 aliphatic carbocycles. The molecule has 1 aromatic rings. The summed E-state index contributed by atoms with van der Waals surface area (Å²) in [5, 5.41) is 2.68. The van der Waals surface area contributed by atoms with Gasteiger partial charge in [0, 0.05) is 13.0 Å². The van der Waals surface area contributed by atoms with Crippen LogP contribution in [-0.2, 0) is 25.6 Å². The summed E-state index contributed by atoms with van der Waals surface area (Å²) in [7, 11) is 1.25. The van der Waals surface area contributed by atoms with E-state index >= 15 is 0 Å². The van der Waals surface area contributed by atoms with Crippen LogP contribution in [0.25, 0.3) is 0 Å². The van der Waals surface area contributed by atoms with Gasteiger partial charge in [0.2, 0.25) is 0 Å². The molecule has 1 saturated heterocycles. The van der Waals surface area contributed by atoms with Crippen molar-refractivity contribution in [3.63, 3.8) is 0 Å². The number of methoxy groups -OCH3 is 1. The number of nitrogens with zero attached hydrogens (tertiary/aromatic N) is 1. The molecule has 0 bridgehead atoms. The zero-order valence-electron chi connectivity index (χ0n) is 16.1. The van der Waals surface area contributed by atoms with Gasteiger partial charge in [0.15, 0.2) is 0 Å². The van der Waals surface area contributed by atoms with Crippen LogP contribution >= 0.6 is 0 Å². The molecule has 1 N–H and O–H groups in total. The number of likely N-dealkylation sites (tertiary alicyclic amines) is 1. The van der Waals surface area contributed by atoms with Crippen LogP contribution in [0.15, 0.2) is 30.3 Å². The fourth-order valence-electron chi connectivity index (χ4n) is 2.78. The molecule has 0 saturated carbocycles. The molecule has 1 aliphatic rings. The van der Waals surface area contributed by atoms with E-state index in [2.05, 4.69) is 5.32 Å². The minimum atomic E-state index is -0.821. The first-order valence-corrected chi connectivity index (χ1v) is 8.74. The maximum atomic E-state index is 12.5. The van der Waals surface area contributed by atoms with Crippen molar-refractivity contribution in [2.24, 2.45) is 0 Å². The van der Waals surface area contributed by atoms with Crippen LogP contribution in [0, 0.1) is 0 Å². The first-order valence-electron chi connectivity index (χ1n) is 8.74. The van der Waals surface area contributed by atoms with Gasteiger partial charge >= 0.3 is 18.2 Å². The monoisotopic (exact) mass is 378 g/mol. The van der Waals surface area contributed by atoms with Crippen molar-refractivity contribution in [3.05, 3.63) is 35.9 Å². The summed E-state index contributed by atoms with van der Waals surface area (Å²) in [6, 6.07) is 7.97. The van der Waals surface area contributed by atoms with Crippen LogP contribution in [0.4, 0.5) is 9.59 Å². The molecule has 1 unspecified atom stereocenters. The lowest BCUT2D eigenvalue weighted by Crippen LogP contribution is -2.42. The normalized spacial score (nSPS) is 19.3. The summed E-state index contributed by atoms with van der Waals surface area (Å²) in [6.07, 6.45) is -1.01. The Morgan fingerprint density at radius 1 is 1.19 bits per heavy atom. The zero-order chi connectivity index (χ0) is 20.0. The Balaban J connectivity index is 1.98. The van der Waals surface area contributed by atoms with Crippen LogP contribution in [0.5, 0.6) is 0 Å². The van der Waals surface area contributed by atoms with E-state index in [1.165, 1.54) is 12.0 Å². The third-order valence-corrected chi connectivity index (χ3v) is 3.93. The number of rotatable bonds is 4. The summed E-state index contributed by atoms with van der Waals surface area (Å²) < 4.78 is 15.3. The predicted molar refractivity (Wildman–Crippen MR) is 96.9 cm³/mol. The van der Waals surface area contributed by atoms with Gasteiger partial charge < -0.3 is 19.5 Å². The van der Waals surface area contributed by atoms with Crippen molar-refractivity contribution in [1.29, 1.82) is 0 Å². The third kappa shape index (κ3) is 6.16. The number of carbonyl (C=O) groups is 3. The fraction of sp³-hybridized carbons (Fsp3) is 0.526. The average molecular weight is 378 g/mol. The molecule has 0 aromatic heterocycles. The number of nitrogens with one attached hydrogen (secondary N) is 1. The Morgan fingerprint density at radius 2 is 1.85 bits per heavy atom. The molecule has 0 spiro atoms. The lowest BCUT2D eigenvalue weighted by molar-refractivity contribution is -0.145. The highest BCUT2D eigenvalue weighted by atomic mass is 16.6. The first-order chi connectivity index (χ1) is 12.7. The Morgan fingerprint density at radius 3 is 2.44 bits per heavy atom. The molecular weight excluding hydrogens is 352 g/mol. The highest BCUT2D eigenvalue weighted by Gasteiger charge is 2.42. The van der Waals surface area contributed by atoms with Crippen LogP contribution in [0.2, 0.25) is 0 Å². The summed E-state index contributed by atoms with van der Waals surface area (Å²) in [4.78, 5) is 37.7. The molecular formula is C19H26N2O6. The molecule has 1 heterocycles. The van der Waals surface area contributed by atoms with Crippen molar-refractivity contribution in [2.45, 2.75) is 51.5 Å². The topological polar surface area (TPSA) is 94.2 Å². The Hall–Kier alpha value is -2.77. The van der Waals surface area contributed by atoms with Gasteiger partial charge in [-0.2, -0.15) is 0 Å². The van der Waals surface area contributed by atoms with Gasteiger partial charge in [-0.05, 0) is 26.3 Å². The Labute approximate surface area is 158 Å². The molecule has 148 valence electrons. The maximum absolute atomic E-state index is 12.5. The molecule has 1 fully saturated rings. The first kappa shape index (κ1) is 20.5. The number of carbonyl (C=O) groups excluding carboxylic acids is 3. The number of benzene rings is 1. The van der Waals surface area contributed by atoms with Crippen LogP contribution in [0.1, 0.15) is 32.8 Å². The minimum absolute atomic E-state index is 0.0915. The number of ether oxygens (including phenoxy) is 3. The molecule has 8 nitrogen and oxygen atoms in total. The Kier molecular flexibility index (Phi) is 6.65. The minimum Gasteiger partial charge on any atom is -0.467 e. The average Bonchev–Trinajstić information content (AvgIpc) is 3.02. The van der Waals surface area contributed by atoms with Crippen LogP contribution < -0.4 is 5.32 Å². The van der Waals surface area contributed by atoms with Gasteiger partial charge in [0.05, 0.1) is 13.2 Å². The summed E-state index contributed by atoms with van der Waals surface area (Å²) in [5.74, 6) is -0.555. The summed E-state index contributed by atoms with van der Waals surface area (Å²) in [6.45, 7) is 5.49. The van der Waals surface area contributed by atoms with Gasteiger partial charge in [-0.3, -0.25) is 4.90 Å². The SMILES string of the molecule is COC(=O)[C@@H]1CC(NC(=O)OC(C)(C)C)CN1C(=O)OCc1ccccc1. The van der Waals surface area contributed by atoms with Crippen molar-refractivity contribution in [2.75, 3.05) is 13.7 Å². The van der Waals surface area contributed by atoms with E-state index in [0.717, 1.165) is 5.56 Å². The van der Waals surface area contributed by atoms with Crippen molar-refractivity contribution >= 4 is 18.2 Å². The maximum Gasteiger partial charge on any atom is 0.410 e. The van der Waals surface area contributed by atoms with Crippen molar-refractivity contribution in [1.82, 2.24) is 10.2 Å². The highest BCUT2D eigenvalue weighted by Crippen LogP contribution is 2.21. The second-order valence-electron chi connectivity index (χ2n) is 7.31. The molecule has 27 heavy (non-hydrogen) atoms. The summed E-state index contributed by atoms with van der Waals surface area (Å²) >= 11 is 0. The molecule has 1 aromatic carbocycles. The van der Waals surface area contributed by atoms with E-state index in [-0.39, 0.29) is 19.6 Å². The second-order valence-corrected chi connectivity index (χ2v) is 7.31. The molecule has 1 aliphatic heterocycles. The largest absolute Gasteiger partial charge is 0.467 e. The van der Waals surface area contributed by atoms with Gasteiger partial charge in [-0.25, -0.2) is 14.4 Å². The second kappa shape index (κ2) is 8.75. The highest BCUT2D eigenvalue weighted by molar-refractivity contribution is 5.82. The summed E-state index contributed by atoms with van der Waals surface area (Å²) in [5.41, 5.74) is 0.196. The number of alkyl carbamates (subject to hydrolysis) is 1. The fourth-order valence-corrected chi connectivity index (χ4v) is 2.78. The van der Waals surface area contributed by atoms with E-state index < -0.39 is 35.8 Å². The predicted octanol–water partition coefficient (Wildman–Crippen LogP) is 2.46. The Bertz CT molecular complexity index is 671. The number of hydrogen-bond acceptors (Lipinski definition) is 6. The van der Waals surface area contributed by atoms with Crippen molar-refractivity contribution in [3.8, 4) is 0 Å². The smallest absolute Gasteiger partial charge is 0.410 e. The molecule has 0 radical (unpaired) electrons. The molecule has 2 amide bonds. The van der Waals surface area contributed by atoms with Gasteiger partial charge in [-0.1, -0.05) is 30.3 Å². The molecule has 2 rings (SSSR count). The number of hydrogen-bond donors (Lipinski definition) is 1. The van der Waals surface area contributed by atoms with Gasteiger partial charge in [0.1, 0.15) is 18.2 Å². The lowest BCUT2D eigenvalue weighted by Gasteiger charge is -2.22. The van der Waals surface area contributed by atoms with E-state index in [0.29, 0.717) is 0 Å².